The maximum Gasteiger partial charge on any atom is 0.126 e. The summed E-state index contributed by atoms with van der Waals surface area (Å²) in [5.41, 5.74) is 2.76. The number of fused-ring (bicyclic) bond motifs is 1. The van der Waals surface area contributed by atoms with Gasteiger partial charge in [-0.15, -0.1) is 17.0 Å². The topological polar surface area (TPSA) is 21.7 Å². The number of methoxy groups -OCH3 is 2. The molecule has 0 fully saturated rings. The second-order valence-corrected chi connectivity index (χ2v) is 5.57. The third-order valence-electron chi connectivity index (χ3n) is 4.16. The fourth-order valence-corrected chi connectivity index (χ4v) is 3.26. The van der Waals surface area contributed by atoms with Crippen molar-refractivity contribution in [3.05, 3.63) is 23.3 Å². The highest BCUT2D eigenvalue weighted by Gasteiger charge is 2.29. The predicted octanol–water partition coefficient (Wildman–Crippen LogP) is 3.87. The van der Waals surface area contributed by atoms with E-state index in [0.29, 0.717) is 6.04 Å². The first kappa shape index (κ1) is 18.3. The number of halogens is 1. The molecule has 0 radical (unpaired) electrons. The molecule has 1 unspecified atom stereocenters. The van der Waals surface area contributed by atoms with Crippen LogP contribution in [0.3, 0.4) is 0 Å². The monoisotopic (exact) mass is 357 g/mol. The maximum atomic E-state index is 5.55. The van der Waals surface area contributed by atoms with E-state index in [1.165, 1.54) is 37.1 Å². The van der Waals surface area contributed by atoms with Crippen molar-refractivity contribution >= 4 is 17.0 Å². The smallest absolute Gasteiger partial charge is 0.126 e. The summed E-state index contributed by atoms with van der Waals surface area (Å²) in [7, 11) is 3.46. The lowest BCUT2D eigenvalue weighted by Gasteiger charge is -2.27. The quantitative estimate of drug-likeness (QED) is 0.739. The third kappa shape index (κ3) is 4.13. The summed E-state index contributed by atoms with van der Waals surface area (Å²) in [6, 6.07) is 4.80. The van der Waals surface area contributed by atoms with Gasteiger partial charge in [0.05, 0.1) is 14.2 Å². The van der Waals surface area contributed by atoms with Crippen molar-refractivity contribution in [1.82, 2.24) is 4.90 Å². The van der Waals surface area contributed by atoms with Crippen LogP contribution in [0.1, 0.15) is 37.8 Å². The van der Waals surface area contributed by atoms with E-state index >= 15 is 0 Å². The molecule has 120 valence electrons. The summed E-state index contributed by atoms with van der Waals surface area (Å²) >= 11 is 0. The minimum atomic E-state index is 0. The zero-order chi connectivity index (χ0) is 14.5. The van der Waals surface area contributed by atoms with Gasteiger partial charge >= 0.3 is 0 Å². The largest absolute Gasteiger partial charge is 0.497 e. The van der Waals surface area contributed by atoms with Gasteiger partial charge in [-0.1, -0.05) is 13.8 Å². The van der Waals surface area contributed by atoms with Gasteiger partial charge in [-0.3, -0.25) is 4.90 Å². The zero-order valence-corrected chi connectivity index (χ0v) is 15.4. The van der Waals surface area contributed by atoms with E-state index in [4.69, 9.17) is 9.47 Å². The van der Waals surface area contributed by atoms with Gasteiger partial charge in [-0.25, -0.2) is 0 Å². The van der Waals surface area contributed by atoms with E-state index < -0.39 is 0 Å². The molecule has 4 heteroatoms. The van der Waals surface area contributed by atoms with Crippen molar-refractivity contribution in [2.24, 2.45) is 0 Å². The summed E-state index contributed by atoms with van der Waals surface area (Å²) in [6.07, 6.45) is 4.64. The highest BCUT2D eigenvalue weighted by Crippen LogP contribution is 2.36. The van der Waals surface area contributed by atoms with E-state index in [2.05, 4.69) is 24.8 Å². The van der Waals surface area contributed by atoms with E-state index in [1.807, 2.05) is 6.07 Å². The van der Waals surface area contributed by atoms with E-state index in [1.54, 1.807) is 14.2 Å². The number of hydrogen-bond acceptors (Lipinski definition) is 3. The molecule has 1 aromatic carbocycles. The molecule has 1 aliphatic rings. The van der Waals surface area contributed by atoms with Crippen LogP contribution in [0, 0.1) is 0 Å². The number of benzene rings is 1. The van der Waals surface area contributed by atoms with Crippen molar-refractivity contribution < 1.29 is 9.47 Å². The highest BCUT2D eigenvalue weighted by atomic mass is 79.9. The van der Waals surface area contributed by atoms with Crippen molar-refractivity contribution in [3.8, 4) is 11.5 Å². The maximum absolute atomic E-state index is 5.55. The fourth-order valence-electron chi connectivity index (χ4n) is 3.26. The third-order valence-corrected chi connectivity index (χ3v) is 4.16. The van der Waals surface area contributed by atoms with Gasteiger partial charge in [-0.05, 0) is 56.0 Å². The Labute approximate surface area is 139 Å². The van der Waals surface area contributed by atoms with Crippen LogP contribution in [-0.4, -0.2) is 38.3 Å². The first-order valence-electron chi connectivity index (χ1n) is 7.71. The Bertz CT molecular complexity index is 445. The van der Waals surface area contributed by atoms with Crippen LogP contribution in [-0.2, 0) is 12.8 Å². The molecule has 1 atom stereocenters. The molecule has 3 nitrogen and oxygen atoms in total. The van der Waals surface area contributed by atoms with Gasteiger partial charge in [0.25, 0.3) is 0 Å². The Morgan fingerprint density at radius 3 is 2.24 bits per heavy atom. The average molecular weight is 358 g/mol. The molecule has 0 spiro atoms. The van der Waals surface area contributed by atoms with Crippen molar-refractivity contribution in [1.29, 1.82) is 0 Å². The molecule has 1 aliphatic carbocycles. The lowest BCUT2D eigenvalue weighted by atomic mass is 10.1. The molecule has 2 rings (SSSR count). The lowest BCUT2D eigenvalue weighted by molar-refractivity contribution is 0.201. The predicted molar refractivity (Wildman–Crippen MR) is 93.2 cm³/mol. The van der Waals surface area contributed by atoms with Gasteiger partial charge in [-0.2, -0.15) is 0 Å². The Kier molecular flexibility index (Phi) is 7.53. The van der Waals surface area contributed by atoms with Crippen molar-refractivity contribution in [2.75, 3.05) is 27.3 Å². The van der Waals surface area contributed by atoms with Crippen LogP contribution in [0.5, 0.6) is 11.5 Å². The normalized spacial score (nSPS) is 16.5. The molecule has 0 heterocycles. The second kappa shape index (κ2) is 8.64. The van der Waals surface area contributed by atoms with E-state index in [9.17, 15) is 0 Å². The first-order chi connectivity index (χ1) is 9.73. The Morgan fingerprint density at radius 2 is 1.71 bits per heavy atom. The van der Waals surface area contributed by atoms with Crippen LogP contribution in [0.2, 0.25) is 0 Å². The molecule has 0 amide bonds. The summed E-state index contributed by atoms with van der Waals surface area (Å²) in [6.45, 7) is 6.89. The SMILES string of the molecule is Br.CCCN(CCC)C1Cc2cc(OC)cc(OC)c2C1. The molecule has 1 aromatic rings. The van der Waals surface area contributed by atoms with Gasteiger partial charge < -0.3 is 9.47 Å². The van der Waals surface area contributed by atoms with Crippen LogP contribution in [0.4, 0.5) is 0 Å². The number of rotatable bonds is 7. The molecular formula is C17H28BrNO2. The summed E-state index contributed by atoms with van der Waals surface area (Å²) in [5.74, 6) is 1.88. The van der Waals surface area contributed by atoms with Crippen LogP contribution in [0.25, 0.3) is 0 Å². The number of nitrogens with zero attached hydrogens (tertiary/aromatic N) is 1. The molecule has 0 N–H and O–H groups in total. The standard InChI is InChI=1S/C17H27NO2.BrH/c1-5-7-18(8-6-2)14-9-13-10-15(19-3)12-17(20-4)16(13)11-14;/h10,12,14H,5-9,11H2,1-4H3;1H. The molecule has 21 heavy (non-hydrogen) atoms. The van der Waals surface area contributed by atoms with Crippen LogP contribution in [0.15, 0.2) is 12.1 Å². The minimum absolute atomic E-state index is 0. The molecule has 0 saturated carbocycles. The molecular weight excluding hydrogens is 330 g/mol. The second-order valence-electron chi connectivity index (χ2n) is 5.57. The highest BCUT2D eigenvalue weighted by molar-refractivity contribution is 8.93. The Balaban J connectivity index is 0.00000220. The molecule has 0 bridgehead atoms. The summed E-state index contributed by atoms with van der Waals surface area (Å²) in [5, 5.41) is 0. The minimum Gasteiger partial charge on any atom is -0.497 e. The fraction of sp³-hybridized carbons (Fsp3) is 0.647. The molecule has 0 aromatic heterocycles. The van der Waals surface area contributed by atoms with Gasteiger partial charge in [0.15, 0.2) is 0 Å². The van der Waals surface area contributed by atoms with E-state index in [-0.39, 0.29) is 17.0 Å². The van der Waals surface area contributed by atoms with Crippen molar-refractivity contribution in [3.63, 3.8) is 0 Å². The van der Waals surface area contributed by atoms with Gasteiger partial charge in [0.1, 0.15) is 11.5 Å². The lowest BCUT2D eigenvalue weighted by Crippen LogP contribution is -2.37. The van der Waals surface area contributed by atoms with Gasteiger partial charge in [0.2, 0.25) is 0 Å². The average Bonchev–Trinajstić information content (AvgIpc) is 2.89. The molecule has 0 saturated heterocycles. The summed E-state index contributed by atoms with van der Waals surface area (Å²) in [4.78, 5) is 2.63. The summed E-state index contributed by atoms with van der Waals surface area (Å²) < 4.78 is 10.9. The Morgan fingerprint density at radius 1 is 1.05 bits per heavy atom. The zero-order valence-electron chi connectivity index (χ0n) is 13.6. The van der Waals surface area contributed by atoms with Gasteiger partial charge in [0, 0.05) is 12.1 Å². The van der Waals surface area contributed by atoms with Crippen LogP contribution >= 0.6 is 17.0 Å². The number of ether oxygens (including phenoxy) is 2. The van der Waals surface area contributed by atoms with Crippen molar-refractivity contribution in [2.45, 2.75) is 45.6 Å². The van der Waals surface area contributed by atoms with E-state index in [0.717, 1.165) is 24.3 Å². The first-order valence-corrected chi connectivity index (χ1v) is 7.71. The van der Waals surface area contributed by atoms with Crippen LogP contribution < -0.4 is 9.47 Å². The molecule has 0 aliphatic heterocycles. The Hall–Kier alpha value is -0.740. The number of hydrogen-bond donors (Lipinski definition) is 0.